The van der Waals surface area contributed by atoms with Crippen molar-refractivity contribution in [2.75, 3.05) is 6.61 Å². The van der Waals surface area contributed by atoms with Gasteiger partial charge >= 0.3 is 0 Å². The van der Waals surface area contributed by atoms with E-state index in [2.05, 4.69) is 9.97 Å². The van der Waals surface area contributed by atoms with Crippen LogP contribution in [0, 0.1) is 11.3 Å². The Bertz CT molecular complexity index is 844. The molecule has 5 nitrogen and oxygen atoms in total. The van der Waals surface area contributed by atoms with E-state index in [-0.39, 0.29) is 6.61 Å². The molecular formula is C16H10ClN3O2. The van der Waals surface area contributed by atoms with Gasteiger partial charge in [-0.05, 0) is 42.5 Å². The van der Waals surface area contributed by atoms with Crippen LogP contribution in [0.4, 0.5) is 0 Å². The van der Waals surface area contributed by atoms with Crippen LogP contribution in [0.5, 0.6) is 17.4 Å². The summed E-state index contributed by atoms with van der Waals surface area (Å²) in [6.07, 6.45) is 1.54. The molecule has 1 heterocycles. The Morgan fingerprint density at radius 1 is 1.05 bits per heavy atom. The third kappa shape index (κ3) is 3.25. The number of hydrogen-bond donors (Lipinski definition) is 0. The highest BCUT2D eigenvalue weighted by atomic mass is 35.5. The van der Waals surface area contributed by atoms with Crippen molar-refractivity contribution in [1.29, 1.82) is 5.26 Å². The van der Waals surface area contributed by atoms with Crippen LogP contribution in [0.3, 0.4) is 0 Å². The highest BCUT2D eigenvalue weighted by Crippen LogP contribution is 2.24. The second-order valence-electron chi connectivity index (χ2n) is 4.36. The zero-order valence-electron chi connectivity index (χ0n) is 11.4. The Hall–Kier alpha value is -2.84. The van der Waals surface area contributed by atoms with Crippen molar-refractivity contribution >= 4 is 22.6 Å². The van der Waals surface area contributed by atoms with Gasteiger partial charge in [0, 0.05) is 5.02 Å². The Labute approximate surface area is 131 Å². The molecule has 0 radical (unpaired) electrons. The first-order valence-electron chi connectivity index (χ1n) is 6.44. The average molecular weight is 312 g/mol. The van der Waals surface area contributed by atoms with Crippen molar-refractivity contribution in [3.63, 3.8) is 0 Å². The number of fused-ring (bicyclic) bond motifs is 1. The van der Waals surface area contributed by atoms with Gasteiger partial charge < -0.3 is 9.47 Å². The van der Waals surface area contributed by atoms with Gasteiger partial charge in [0.15, 0.2) is 6.61 Å². The molecule has 0 aliphatic heterocycles. The van der Waals surface area contributed by atoms with E-state index in [0.717, 1.165) is 0 Å². The molecule has 22 heavy (non-hydrogen) atoms. The summed E-state index contributed by atoms with van der Waals surface area (Å²) in [6, 6.07) is 14.1. The SMILES string of the molecule is N#CCOc1ccc(Oc2cnc3cc(Cl)ccc3n2)cc1. The number of hydrogen-bond acceptors (Lipinski definition) is 5. The number of aromatic nitrogens is 2. The molecule has 0 saturated carbocycles. The molecule has 0 aliphatic rings. The molecule has 108 valence electrons. The molecule has 3 aromatic rings. The molecule has 6 heteroatoms. The summed E-state index contributed by atoms with van der Waals surface area (Å²) in [4.78, 5) is 8.63. The van der Waals surface area contributed by atoms with Gasteiger partial charge in [0.05, 0.1) is 17.2 Å². The minimum absolute atomic E-state index is 0.0128. The lowest BCUT2D eigenvalue weighted by atomic mass is 10.3. The van der Waals surface area contributed by atoms with Crippen LogP contribution < -0.4 is 9.47 Å². The van der Waals surface area contributed by atoms with Crippen molar-refractivity contribution in [2.24, 2.45) is 0 Å². The first-order chi connectivity index (χ1) is 10.7. The first kappa shape index (κ1) is 14.1. The van der Waals surface area contributed by atoms with Gasteiger partial charge in [-0.3, -0.25) is 0 Å². The van der Waals surface area contributed by atoms with Crippen LogP contribution in [0.2, 0.25) is 5.02 Å². The zero-order valence-corrected chi connectivity index (χ0v) is 12.1. The van der Waals surface area contributed by atoms with E-state index >= 15 is 0 Å². The normalized spacial score (nSPS) is 10.2. The summed E-state index contributed by atoms with van der Waals surface area (Å²) >= 11 is 5.91. The lowest BCUT2D eigenvalue weighted by Gasteiger charge is -2.06. The third-order valence-corrected chi connectivity index (χ3v) is 3.07. The lowest BCUT2D eigenvalue weighted by molar-refractivity contribution is 0.367. The van der Waals surface area contributed by atoms with Crippen molar-refractivity contribution < 1.29 is 9.47 Å². The minimum Gasteiger partial charge on any atom is -0.479 e. The Morgan fingerprint density at radius 3 is 2.59 bits per heavy atom. The van der Waals surface area contributed by atoms with Crippen LogP contribution in [0.1, 0.15) is 0 Å². The van der Waals surface area contributed by atoms with Gasteiger partial charge in [-0.25, -0.2) is 9.97 Å². The summed E-state index contributed by atoms with van der Waals surface area (Å²) in [5, 5.41) is 9.07. The number of rotatable bonds is 4. The van der Waals surface area contributed by atoms with Crippen molar-refractivity contribution in [3.8, 4) is 23.4 Å². The van der Waals surface area contributed by atoms with Crippen molar-refractivity contribution in [2.45, 2.75) is 0 Å². The monoisotopic (exact) mass is 311 g/mol. The lowest BCUT2D eigenvalue weighted by Crippen LogP contribution is -1.94. The van der Waals surface area contributed by atoms with E-state index in [1.807, 2.05) is 6.07 Å². The summed E-state index contributed by atoms with van der Waals surface area (Å²) in [5.41, 5.74) is 1.41. The van der Waals surface area contributed by atoms with Crippen LogP contribution in [-0.2, 0) is 0 Å². The summed E-state index contributed by atoms with van der Waals surface area (Å²) < 4.78 is 10.8. The van der Waals surface area contributed by atoms with Gasteiger partial charge in [-0.15, -0.1) is 0 Å². The summed E-state index contributed by atoms with van der Waals surface area (Å²) in [5.74, 6) is 1.60. The van der Waals surface area contributed by atoms with Gasteiger partial charge in [-0.2, -0.15) is 5.26 Å². The largest absolute Gasteiger partial charge is 0.479 e. The van der Waals surface area contributed by atoms with Gasteiger partial charge in [0.1, 0.15) is 17.6 Å². The molecule has 0 saturated heterocycles. The van der Waals surface area contributed by atoms with E-state index in [0.29, 0.717) is 33.4 Å². The van der Waals surface area contributed by atoms with Crippen LogP contribution in [0.25, 0.3) is 11.0 Å². The fourth-order valence-electron chi connectivity index (χ4n) is 1.86. The zero-order chi connectivity index (χ0) is 15.4. The number of halogens is 1. The molecule has 3 rings (SSSR count). The Balaban J connectivity index is 1.78. The van der Waals surface area contributed by atoms with Gasteiger partial charge in [-0.1, -0.05) is 11.6 Å². The second kappa shape index (κ2) is 6.29. The smallest absolute Gasteiger partial charge is 0.238 e. The number of nitrogens with zero attached hydrogens (tertiary/aromatic N) is 3. The average Bonchev–Trinajstić information content (AvgIpc) is 2.54. The van der Waals surface area contributed by atoms with E-state index in [9.17, 15) is 0 Å². The van der Waals surface area contributed by atoms with E-state index < -0.39 is 0 Å². The maximum absolute atomic E-state index is 8.46. The molecule has 0 N–H and O–H groups in total. The molecule has 0 atom stereocenters. The van der Waals surface area contributed by atoms with Crippen molar-refractivity contribution in [3.05, 3.63) is 53.7 Å². The van der Waals surface area contributed by atoms with Crippen LogP contribution in [0.15, 0.2) is 48.7 Å². The molecule has 0 amide bonds. The fraction of sp³-hybridized carbons (Fsp3) is 0.0625. The number of nitriles is 1. The fourth-order valence-corrected chi connectivity index (χ4v) is 2.02. The molecular weight excluding hydrogens is 302 g/mol. The van der Waals surface area contributed by atoms with Crippen LogP contribution >= 0.6 is 11.6 Å². The van der Waals surface area contributed by atoms with Gasteiger partial charge in [0.2, 0.25) is 5.88 Å². The van der Waals surface area contributed by atoms with E-state index in [1.54, 1.807) is 48.7 Å². The topological polar surface area (TPSA) is 68.0 Å². The van der Waals surface area contributed by atoms with Gasteiger partial charge in [0.25, 0.3) is 0 Å². The van der Waals surface area contributed by atoms with E-state index in [1.165, 1.54) is 0 Å². The molecule has 0 unspecified atom stereocenters. The highest BCUT2D eigenvalue weighted by Gasteiger charge is 2.03. The van der Waals surface area contributed by atoms with Crippen molar-refractivity contribution in [1.82, 2.24) is 9.97 Å². The standard InChI is InChI=1S/C16H10ClN3O2/c17-11-1-6-14-15(9-11)19-10-16(20-14)22-13-4-2-12(3-5-13)21-8-7-18/h1-6,9-10H,8H2. The minimum atomic E-state index is 0.0128. The molecule has 0 aliphatic carbocycles. The maximum Gasteiger partial charge on any atom is 0.238 e. The quantitative estimate of drug-likeness (QED) is 0.729. The summed E-state index contributed by atoms with van der Waals surface area (Å²) in [7, 11) is 0. The third-order valence-electron chi connectivity index (χ3n) is 2.83. The number of ether oxygens (including phenoxy) is 2. The van der Waals surface area contributed by atoms with Crippen LogP contribution in [-0.4, -0.2) is 16.6 Å². The Kier molecular flexibility index (Phi) is 4.03. The Morgan fingerprint density at radius 2 is 1.82 bits per heavy atom. The molecule has 0 bridgehead atoms. The number of benzene rings is 2. The predicted octanol–water partition coefficient (Wildman–Crippen LogP) is 3.98. The maximum atomic E-state index is 8.46. The predicted molar refractivity (Wildman–Crippen MR) is 82.2 cm³/mol. The first-order valence-corrected chi connectivity index (χ1v) is 6.82. The molecule has 0 fully saturated rings. The second-order valence-corrected chi connectivity index (χ2v) is 4.80. The molecule has 1 aromatic heterocycles. The molecule has 2 aromatic carbocycles. The highest BCUT2D eigenvalue weighted by molar-refractivity contribution is 6.31. The summed E-state index contributed by atoms with van der Waals surface area (Å²) in [6.45, 7) is 0.0128. The van der Waals surface area contributed by atoms with E-state index in [4.69, 9.17) is 26.3 Å². The molecule has 0 spiro atoms.